The second-order valence-corrected chi connectivity index (χ2v) is 4.02. The number of carbonyl (C=O) groups excluding carboxylic acids is 4. The number of carboxylic acid groups (broad SMARTS) is 1. The van der Waals surface area contributed by atoms with Gasteiger partial charge < -0.3 is 20.8 Å². The molecule has 0 bridgehead atoms. The third-order valence-corrected chi connectivity index (χ3v) is 2.32. The molecule has 2 saturated heterocycles. The van der Waals surface area contributed by atoms with Crippen LogP contribution in [0, 0.1) is 0 Å². The van der Waals surface area contributed by atoms with Crippen molar-refractivity contribution in [2.45, 2.75) is 25.9 Å². The molecular weight excluding hydrogens is 300 g/mol. The van der Waals surface area contributed by atoms with Crippen LogP contribution in [0.15, 0.2) is 12.3 Å². The molecule has 6 amide bonds. The highest BCUT2D eigenvalue weighted by Gasteiger charge is 2.35. The summed E-state index contributed by atoms with van der Waals surface area (Å²) in [5.74, 6) is -2.72. The zero-order valence-electron chi connectivity index (χ0n) is 10.5. The molecule has 0 aromatic carbocycles. The van der Waals surface area contributed by atoms with E-state index in [1.165, 1.54) is 0 Å². The van der Waals surface area contributed by atoms with Crippen LogP contribution < -0.4 is 21.3 Å². The van der Waals surface area contributed by atoms with Crippen molar-refractivity contribution in [2.75, 3.05) is 0 Å². The Morgan fingerprint density at radius 2 is 1.50 bits per heavy atom. The molecule has 2 heterocycles. The molecule has 0 aliphatic carbocycles. The largest absolute Gasteiger partial charge is 0.513 e. The van der Waals surface area contributed by atoms with Gasteiger partial charge in [0.25, 0.3) is 11.8 Å². The summed E-state index contributed by atoms with van der Waals surface area (Å²) in [7, 11) is 0. The van der Waals surface area contributed by atoms with Crippen LogP contribution in [0.1, 0.15) is 13.8 Å². The fraction of sp³-hybridized carbons (Fsp3) is 0.364. The van der Waals surface area contributed by atoms with Crippen LogP contribution in [-0.2, 0) is 14.4 Å². The molecule has 2 rings (SSSR count). The first kappa shape index (κ1) is 18.9. The van der Waals surface area contributed by atoms with Gasteiger partial charge in [0.1, 0.15) is 6.04 Å². The molecule has 122 valence electrons. The minimum atomic E-state index is -1.42. The molecule has 0 radical (unpaired) electrons. The molecule has 2 atom stereocenters. The molecule has 0 aromatic heterocycles. The zero-order valence-corrected chi connectivity index (χ0v) is 10.5. The zero-order chi connectivity index (χ0) is 16.2. The minimum Gasteiger partial charge on any atom is -0.513 e. The molecule has 0 aromatic rings. The highest BCUT2D eigenvalue weighted by atomic mass is 16.4. The van der Waals surface area contributed by atoms with E-state index < -0.39 is 41.9 Å². The second-order valence-electron chi connectivity index (χ2n) is 4.02. The number of hydrogen-bond acceptors (Lipinski definition) is 6. The predicted octanol–water partition coefficient (Wildman–Crippen LogP) is -1.43. The number of aliphatic hydroxyl groups is 1. The van der Waals surface area contributed by atoms with Crippen LogP contribution in [0.3, 0.4) is 0 Å². The van der Waals surface area contributed by atoms with Gasteiger partial charge in [0.15, 0.2) is 0 Å². The summed E-state index contributed by atoms with van der Waals surface area (Å²) >= 11 is 0. The van der Waals surface area contributed by atoms with Gasteiger partial charge in [-0.2, -0.15) is 0 Å². The van der Waals surface area contributed by atoms with Gasteiger partial charge in [-0.1, -0.05) is 14.0 Å². The highest BCUT2D eigenvalue weighted by molar-refractivity contribution is 6.14. The van der Waals surface area contributed by atoms with Crippen LogP contribution in [0.5, 0.6) is 0 Å². The number of carbonyl (C=O) groups is 5. The van der Waals surface area contributed by atoms with Gasteiger partial charge in [-0.25, -0.2) is 14.4 Å². The summed E-state index contributed by atoms with van der Waals surface area (Å²) < 4.78 is 0. The lowest BCUT2D eigenvalue weighted by atomic mass is 10.2. The molecule has 11 heteroatoms. The van der Waals surface area contributed by atoms with Crippen LogP contribution >= 0.6 is 0 Å². The smallest absolute Gasteiger partial charge is 0.336 e. The quantitative estimate of drug-likeness (QED) is 0.210. The Balaban J connectivity index is 0.000000385. The average Bonchev–Trinajstić information content (AvgIpc) is 2.82. The van der Waals surface area contributed by atoms with Crippen molar-refractivity contribution >= 4 is 29.8 Å². The first-order chi connectivity index (χ1) is 9.70. The Morgan fingerprint density at radius 3 is 1.77 bits per heavy atom. The van der Waals surface area contributed by atoms with Crippen molar-refractivity contribution < 1.29 is 34.2 Å². The lowest BCUT2D eigenvalue weighted by molar-refractivity contribution is -0.142. The number of aliphatic carboxylic acids is 1. The van der Waals surface area contributed by atoms with Gasteiger partial charge in [0.2, 0.25) is 6.04 Å². The number of amides is 6. The van der Waals surface area contributed by atoms with Gasteiger partial charge in [-0.15, -0.1) is 0 Å². The number of imide groups is 2. The molecule has 11 nitrogen and oxygen atoms in total. The van der Waals surface area contributed by atoms with E-state index in [1.807, 2.05) is 10.6 Å². The summed E-state index contributed by atoms with van der Waals surface area (Å²) in [5, 5.41) is 24.9. The molecule has 22 heavy (non-hydrogen) atoms. The van der Waals surface area contributed by atoms with E-state index in [9.17, 15) is 24.0 Å². The molecule has 6 N–H and O–H groups in total. The number of rotatable bonds is 3. The van der Waals surface area contributed by atoms with Gasteiger partial charge in [0, 0.05) is 6.42 Å². The number of aliphatic hydroxyl groups excluding tert-OH is 1. The summed E-state index contributed by atoms with van der Waals surface area (Å²) in [5.41, 5.74) is 0. The lowest BCUT2D eigenvalue weighted by Gasteiger charge is -2.03. The fourth-order valence-electron chi connectivity index (χ4n) is 1.43. The van der Waals surface area contributed by atoms with Crippen molar-refractivity contribution in [1.82, 2.24) is 21.3 Å². The van der Waals surface area contributed by atoms with E-state index in [0.717, 1.165) is 0 Å². The fourth-order valence-corrected chi connectivity index (χ4v) is 1.43. The van der Waals surface area contributed by atoms with Gasteiger partial charge in [-0.3, -0.25) is 20.2 Å². The molecule has 2 fully saturated rings. The van der Waals surface area contributed by atoms with Crippen molar-refractivity contribution in [1.29, 1.82) is 0 Å². The van der Waals surface area contributed by atoms with Gasteiger partial charge in [0.05, 0.1) is 5.76 Å². The molecule has 2 aliphatic heterocycles. The average molecular weight is 316 g/mol. The van der Waals surface area contributed by atoms with Crippen LogP contribution in [0.25, 0.3) is 0 Å². The van der Waals surface area contributed by atoms with E-state index in [2.05, 4.69) is 11.9 Å². The van der Waals surface area contributed by atoms with Crippen LogP contribution in [-0.4, -0.2) is 52.1 Å². The second kappa shape index (κ2) is 7.61. The summed E-state index contributed by atoms with van der Waals surface area (Å²) in [6.07, 6.45) is 0.0670. The van der Waals surface area contributed by atoms with E-state index in [4.69, 9.17) is 10.2 Å². The van der Waals surface area contributed by atoms with Crippen molar-refractivity contribution in [3.63, 3.8) is 0 Å². The molecule has 2 unspecified atom stereocenters. The summed E-state index contributed by atoms with van der Waals surface area (Å²) in [6, 6.07) is -3.38. The van der Waals surface area contributed by atoms with E-state index >= 15 is 0 Å². The van der Waals surface area contributed by atoms with Crippen LogP contribution in [0.4, 0.5) is 9.59 Å². The summed E-state index contributed by atoms with van der Waals surface area (Å²) in [4.78, 5) is 52.1. The Hall–Kier alpha value is -3.11. The number of urea groups is 2. The van der Waals surface area contributed by atoms with Gasteiger partial charge >= 0.3 is 18.0 Å². The molecule has 2 aliphatic rings. The minimum absolute atomic E-state index is 0. The maximum absolute atomic E-state index is 10.8. The highest BCUT2D eigenvalue weighted by Crippen LogP contribution is 2.03. The Bertz CT molecular complexity index is 531. The van der Waals surface area contributed by atoms with Crippen LogP contribution in [0.2, 0.25) is 0 Å². The number of hydrogen-bond donors (Lipinski definition) is 6. The maximum atomic E-state index is 10.8. The van der Waals surface area contributed by atoms with E-state index in [-0.39, 0.29) is 19.6 Å². The van der Waals surface area contributed by atoms with Crippen molar-refractivity contribution in [3.8, 4) is 0 Å². The Kier molecular flexibility index (Phi) is 6.54. The number of nitrogens with one attached hydrogen (secondary N) is 4. The summed E-state index contributed by atoms with van der Waals surface area (Å²) in [6.45, 7) is 3.20. The van der Waals surface area contributed by atoms with E-state index in [0.29, 0.717) is 0 Å². The molecule has 0 spiro atoms. The maximum Gasteiger partial charge on any atom is 0.336 e. The SMILES string of the molecule is C.C=C(O)CC1NC(=O)NC1=O.O=C1NC(=O)C(C(=O)O)N1. The van der Waals surface area contributed by atoms with Crippen molar-refractivity contribution in [2.24, 2.45) is 0 Å². The Labute approximate surface area is 124 Å². The van der Waals surface area contributed by atoms with Crippen molar-refractivity contribution in [3.05, 3.63) is 12.3 Å². The molecular formula is C11H16N4O7. The third kappa shape index (κ3) is 5.11. The van der Waals surface area contributed by atoms with E-state index in [1.54, 1.807) is 5.32 Å². The third-order valence-electron chi connectivity index (χ3n) is 2.32. The standard InChI is InChI=1S/C6H8N2O3.C4H4N2O4.CH4/c1-3(9)2-4-5(10)8-6(11)7-4;7-2-1(3(8)9)5-4(10)6-2;/h4,9H,1-2H2,(H2,7,8,10,11);1H,(H,8,9)(H2,5,6,7,10);1H4. The van der Waals surface area contributed by atoms with Gasteiger partial charge in [-0.05, 0) is 0 Å². The predicted molar refractivity (Wildman–Crippen MR) is 71.7 cm³/mol. The number of carboxylic acids is 1. The monoisotopic (exact) mass is 316 g/mol. The molecule has 0 saturated carbocycles. The lowest BCUT2D eigenvalue weighted by Crippen LogP contribution is -2.36. The first-order valence-corrected chi connectivity index (χ1v) is 5.53. The first-order valence-electron chi connectivity index (χ1n) is 5.53. The topological polar surface area (TPSA) is 174 Å². The normalized spacial score (nSPS) is 22.2. The Morgan fingerprint density at radius 1 is 1.00 bits per heavy atom.